The molecule has 2 fully saturated rings. The molecule has 254 valence electrons. The number of benzene rings is 3. The molecule has 4 aromatic rings. The molecule has 4 heterocycles. The van der Waals surface area contributed by atoms with Crippen LogP contribution >= 0.6 is 0 Å². The van der Waals surface area contributed by atoms with E-state index < -0.39 is 70.3 Å². The minimum atomic E-state index is -1.18. The predicted octanol–water partition coefficient (Wildman–Crippen LogP) is 5.31. The minimum Gasteiger partial charge on any atom is -0.483 e. The highest BCUT2D eigenvalue weighted by molar-refractivity contribution is 5.99. The molecule has 1 spiro atoms. The van der Waals surface area contributed by atoms with Gasteiger partial charge in [-0.2, -0.15) is 0 Å². The van der Waals surface area contributed by atoms with Gasteiger partial charge >= 0.3 is 0 Å². The van der Waals surface area contributed by atoms with Crippen molar-refractivity contribution in [2.75, 3.05) is 13.2 Å². The molecule has 4 atom stereocenters. The third kappa shape index (κ3) is 6.22. The van der Waals surface area contributed by atoms with E-state index in [1.54, 1.807) is 33.7 Å². The second kappa shape index (κ2) is 13.2. The summed E-state index contributed by atoms with van der Waals surface area (Å²) in [7, 11) is 0. The number of halogens is 3. The number of rotatable bonds is 8. The molecule has 0 aliphatic carbocycles. The molecule has 49 heavy (non-hydrogen) atoms. The Kier molecular flexibility index (Phi) is 8.76. The lowest BCUT2D eigenvalue weighted by Crippen LogP contribution is -2.53. The van der Waals surface area contributed by atoms with Gasteiger partial charge in [-0.15, -0.1) is 0 Å². The van der Waals surface area contributed by atoms with E-state index in [-0.39, 0.29) is 37.2 Å². The molecule has 3 aliphatic rings. The first-order valence-electron chi connectivity index (χ1n) is 16.2. The first-order chi connectivity index (χ1) is 23.6. The Hall–Kier alpha value is -4.94. The van der Waals surface area contributed by atoms with E-state index >= 15 is 0 Å². The summed E-state index contributed by atoms with van der Waals surface area (Å²) >= 11 is 0. The molecule has 9 nitrogen and oxygen atoms in total. The van der Waals surface area contributed by atoms with Crippen LogP contribution in [0.5, 0.6) is 5.75 Å². The van der Waals surface area contributed by atoms with Gasteiger partial charge in [-0.25, -0.2) is 13.2 Å². The van der Waals surface area contributed by atoms with Crippen molar-refractivity contribution in [1.82, 2.24) is 14.8 Å². The number of nitrogens with zero attached hydrogens (tertiary/aromatic N) is 2. The van der Waals surface area contributed by atoms with Crippen molar-refractivity contribution < 1.29 is 37.0 Å². The largest absolute Gasteiger partial charge is 0.483 e. The van der Waals surface area contributed by atoms with E-state index in [4.69, 9.17) is 14.2 Å². The Morgan fingerprint density at radius 3 is 2.37 bits per heavy atom. The van der Waals surface area contributed by atoms with Crippen molar-refractivity contribution in [3.63, 3.8) is 0 Å². The summed E-state index contributed by atoms with van der Waals surface area (Å²) in [6.45, 7) is 1.65. The van der Waals surface area contributed by atoms with Crippen molar-refractivity contribution in [1.29, 1.82) is 0 Å². The fourth-order valence-electron chi connectivity index (χ4n) is 6.94. The highest BCUT2D eigenvalue weighted by Gasteiger charge is 2.54. The van der Waals surface area contributed by atoms with Gasteiger partial charge in [0.1, 0.15) is 35.2 Å². The highest BCUT2D eigenvalue weighted by atomic mass is 19.1. The van der Waals surface area contributed by atoms with Crippen LogP contribution in [0.3, 0.4) is 0 Å². The zero-order valence-corrected chi connectivity index (χ0v) is 26.7. The average Bonchev–Trinajstić information content (AvgIpc) is 3.45. The van der Waals surface area contributed by atoms with Gasteiger partial charge in [0.2, 0.25) is 5.43 Å². The number of carbonyl (C=O) groups excluding carboxylic acids is 2. The van der Waals surface area contributed by atoms with Gasteiger partial charge in [0.15, 0.2) is 17.7 Å². The molecule has 0 saturated carbocycles. The van der Waals surface area contributed by atoms with Gasteiger partial charge in [-0.3, -0.25) is 14.4 Å². The summed E-state index contributed by atoms with van der Waals surface area (Å²) < 4.78 is 62.9. The molecule has 7 rings (SSSR count). The van der Waals surface area contributed by atoms with Crippen LogP contribution in [-0.2, 0) is 29.0 Å². The van der Waals surface area contributed by atoms with Crippen LogP contribution in [0.25, 0.3) is 0 Å². The lowest BCUT2D eigenvalue weighted by Gasteiger charge is -2.42. The van der Waals surface area contributed by atoms with Crippen molar-refractivity contribution in [3.05, 3.63) is 135 Å². The first kappa shape index (κ1) is 32.6. The molecule has 1 aromatic heterocycles. The van der Waals surface area contributed by atoms with Crippen LogP contribution in [0.2, 0.25) is 0 Å². The fraction of sp³-hybridized carbons (Fsp3) is 0.324. The zero-order valence-electron chi connectivity index (χ0n) is 26.7. The summed E-state index contributed by atoms with van der Waals surface area (Å²) in [5.74, 6) is -5.18. The molecule has 2 bridgehead atoms. The Morgan fingerprint density at radius 2 is 1.67 bits per heavy atom. The lowest BCUT2D eigenvalue weighted by molar-refractivity contribution is -0.108. The second-order valence-electron chi connectivity index (χ2n) is 12.7. The lowest BCUT2D eigenvalue weighted by atomic mass is 9.88. The van der Waals surface area contributed by atoms with E-state index in [1.165, 1.54) is 6.20 Å². The molecule has 3 aromatic carbocycles. The molecule has 1 N–H and O–H groups in total. The Balaban J connectivity index is 1.29. The third-order valence-corrected chi connectivity index (χ3v) is 9.61. The van der Waals surface area contributed by atoms with E-state index in [1.807, 2.05) is 43.3 Å². The number of hydrogen-bond donors (Lipinski definition) is 1. The Labute approximate surface area is 280 Å². The Bertz CT molecular complexity index is 1930. The van der Waals surface area contributed by atoms with Gasteiger partial charge in [0.05, 0.1) is 12.6 Å². The SMILES string of the molecule is CC1CC[C@]2(COC(Cc3ccccc3)O2)[C@H]2CN1C(=O)c1c(OCc3ccccc3)c(=O)c(C(=O)NCc3c(F)cc(F)cc3F)cn12. The highest BCUT2D eigenvalue weighted by Crippen LogP contribution is 2.46. The van der Waals surface area contributed by atoms with Crippen molar-refractivity contribution in [3.8, 4) is 5.75 Å². The van der Waals surface area contributed by atoms with Crippen LogP contribution in [0.1, 0.15) is 63.3 Å². The van der Waals surface area contributed by atoms with Crippen LogP contribution < -0.4 is 15.5 Å². The molecule has 2 unspecified atom stereocenters. The van der Waals surface area contributed by atoms with Gasteiger partial charge in [-0.05, 0) is 30.9 Å². The molecular weight excluding hydrogens is 639 g/mol. The maximum atomic E-state index is 14.4. The van der Waals surface area contributed by atoms with Crippen LogP contribution in [0, 0.1) is 17.5 Å². The van der Waals surface area contributed by atoms with Crippen molar-refractivity contribution in [2.45, 2.75) is 63.3 Å². The van der Waals surface area contributed by atoms with E-state index in [2.05, 4.69) is 5.32 Å². The van der Waals surface area contributed by atoms with Crippen molar-refractivity contribution in [2.24, 2.45) is 0 Å². The van der Waals surface area contributed by atoms with Gasteiger partial charge in [-0.1, -0.05) is 60.7 Å². The number of carbonyl (C=O) groups is 2. The van der Waals surface area contributed by atoms with Crippen LogP contribution in [0.4, 0.5) is 13.2 Å². The number of pyridine rings is 1. The number of ether oxygens (including phenoxy) is 3. The third-order valence-electron chi connectivity index (χ3n) is 9.61. The van der Waals surface area contributed by atoms with Crippen LogP contribution in [-0.4, -0.2) is 52.4 Å². The quantitative estimate of drug-likeness (QED) is 0.273. The Morgan fingerprint density at radius 1 is 1.00 bits per heavy atom. The molecule has 3 aliphatic heterocycles. The number of hydrogen-bond acceptors (Lipinski definition) is 6. The molecular formula is C37H34F3N3O6. The van der Waals surface area contributed by atoms with E-state index in [0.29, 0.717) is 31.4 Å². The summed E-state index contributed by atoms with van der Waals surface area (Å²) in [6.07, 6.45) is 2.36. The summed E-state index contributed by atoms with van der Waals surface area (Å²) in [6, 6.07) is 19.0. The standard InChI is InChI=1S/C37H34F3N3O6/c1-22-12-13-37(21-48-31(49-37)14-23-8-4-2-5-9-23)30-19-42(22)36(46)32-34(47-20-24-10-6-3-7-11-24)33(44)27(18-43(30)32)35(45)41-17-26-28(39)15-25(38)16-29(26)40/h2-11,15-16,18,22,30-31H,12-14,17,19-21H2,1H3,(H,41,45)/t22?,30-,31?,37+/m1/s1. The summed E-state index contributed by atoms with van der Waals surface area (Å²) in [5, 5.41) is 2.39. The number of aromatic nitrogens is 1. The zero-order chi connectivity index (χ0) is 34.3. The van der Waals surface area contributed by atoms with Gasteiger partial charge in [0.25, 0.3) is 11.8 Å². The van der Waals surface area contributed by atoms with Crippen molar-refractivity contribution >= 4 is 11.8 Å². The molecule has 2 saturated heterocycles. The normalized spacial score (nSPS) is 22.9. The second-order valence-corrected chi connectivity index (χ2v) is 12.7. The number of nitrogens with one attached hydrogen (secondary N) is 1. The maximum absolute atomic E-state index is 14.4. The number of fused-ring (bicyclic) bond motifs is 5. The first-order valence-corrected chi connectivity index (χ1v) is 16.2. The minimum absolute atomic E-state index is 0.0208. The monoisotopic (exact) mass is 673 g/mol. The average molecular weight is 674 g/mol. The van der Waals surface area contributed by atoms with E-state index in [9.17, 15) is 27.6 Å². The van der Waals surface area contributed by atoms with Gasteiger partial charge in [0, 0.05) is 49.4 Å². The fourth-order valence-corrected chi connectivity index (χ4v) is 6.94. The number of amides is 2. The molecule has 2 amide bonds. The summed E-state index contributed by atoms with van der Waals surface area (Å²) in [5.41, 5.74) is -1.02. The van der Waals surface area contributed by atoms with Crippen LogP contribution in [0.15, 0.2) is 83.8 Å². The molecule has 12 heteroatoms. The summed E-state index contributed by atoms with van der Waals surface area (Å²) in [4.78, 5) is 43.6. The van der Waals surface area contributed by atoms with Gasteiger partial charge < -0.3 is 29.0 Å². The smallest absolute Gasteiger partial charge is 0.274 e. The topological polar surface area (TPSA) is 99.1 Å². The van der Waals surface area contributed by atoms with E-state index in [0.717, 1.165) is 11.1 Å². The maximum Gasteiger partial charge on any atom is 0.274 e. The molecule has 0 radical (unpaired) electrons. The predicted molar refractivity (Wildman–Crippen MR) is 171 cm³/mol.